The van der Waals surface area contributed by atoms with E-state index in [1.807, 2.05) is 34.6 Å². The number of ether oxygens (including phenoxy) is 5. The molecule has 0 heterocycles. The van der Waals surface area contributed by atoms with Gasteiger partial charge in [-0.25, -0.2) is 9.59 Å². The zero-order valence-corrected chi connectivity index (χ0v) is 29.2. The maximum absolute atomic E-state index is 11.9. The molecule has 0 radical (unpaired) electrons. The Hall–Kier alpha value is -1.36. The summed E-state index contributed by atoms with van der Waals surface area (Å²) in [6.07, 6.45) is 1.37. The molecule has 1 atom stereocenters. The van der Waals surface area contributed by atoms with Crippen LogP contribution in [0.4, 0.5) is 9.59 Å². The molecule has 10 nitrogen and oxygen atoms in total. The lowest BCUT2D eigenvalue weighted by atomic mass is 10.1. The van der Waals surface area contributed by atoms with Gasteiger partial charge < -0.3 is 39.6 Å². The van der Waals surface area contributed by atoms with Gasteiger partial charge in [-0.2, -0.15) is 0 Å². The summed E-state index contributed by atoms with van der Waals surface area (Å²) in [5.41, 5.74) is 0.0133. The standard InChI is InChI=1S/C28H53N3O7S2.C2H6/c1-23(2)11-10-13-30-26(32)37-17-9-8-16-36-25(5)39-40-28(6,7)12-18-38-27(33)31-15-20-35-22-21-34-19-14-29-24(3)4;1-2/h23-25,29H,8-9,12-22H2,1-7H3,(H,30,32)(H,31,33);1-2H3. The Balaban J connectivity index is 0. The summed E-state index contributed by atoms with van der Waals surface area (Å²) in [6, 6.07) is 0.454. The summed E-state index contributed by atoms with van der Waals surface area (Å²) in [7, 11) is 3.36. The van der Waals surface area contributed by atoms with Crippen molar-refractivity contribution in [3.05, 3.63) is 0 Å². The van der Waals surface area contributed by atoms with E-state index in [0.717, 1.165) is 19.4 Å². The highest BCUT2D eigenvalue weighted by molar-refractivity contribution is 8.77. The van der Waals surface area contributed by atoms with Crippen LogP contribution in [0.1, 0.15) is 81.6 Å². The van der Waals surface area contributed by atoms with Gasteiger partial charge in [0.2, 0.25) is 0 Å². The summed E-state index contributed by atoms with van der Waals surface area (Å²) in [5, 5.41) is 8.58. The van der Waals surface area contributed by atoms with Crippen LogP contribution < -0.4 is 16.0 Å². The van der Waals surface area contributed by atoms with Crippen molar-refractivity contribution in [3.63, 3.8) is 0 Å². The molecule has 0 spiro atoms. The average Bonchev–Trinajstić information content (AvgIpc) is 2.93. The monoisotopic (exact) mass is 637 g/mol. The van der Waals surface area contributed by atoms with E-state index in [4.69, 9.17) is 23.7 Å². The molecule has 0 rings (SSSR count). The molecule has 0 aliphatic heterocycles. The number of hydrogen-bond acceptors (Lipinski definition) is 10. The minimum Gasteiger partial charge on any atom is -0.450 e. The molecule has 0 bridgehead atoms. The van der Waals surface area contributed by atoms with Crippen LogP contribution in [-0.4, -0.2) is 94.3 Å². The number of carbonyl (C=O) groups is 2. The SMILES string of the molecule is CC.CC(C)C#CCNC(=O)OCCCCOC(C)SSC(C)(C)CCOC(=O)NCCOCCOCCNC(C)C. The molecule has 0 aliphatic carbocycles. The molecule has 0 saturated carbocycles. The maximum atomic E-state index is 11.9. The van der Waals surface area contributed by atoms with Gasteiger partial charge in [0.15, 0.2) is 0 Å². The molecule has 42 heavy (non-hydrogen) atoms. The van der Waals surface area contributed by atoms with Crippen LogP contribution in [0.15, 0.2) is 0 Å². The van der Waals surface area contributed by atoms with Crippen molar-refractivity contribution in [2.24, 2.45) is 5.92 Å². The van der Waals surface area contributed by atoms with Crippen LogP contribution in [0.25, 0.3) is 0 Å². The van der Waals surface area contributed by atoms with E-state index in [1.54, 1.807) is 21.6 Å². The number of amides is 2. The van der Waals surface area contributed by atoms with Crippen LogP contribution in [0.2, 0.25) is 0 Å². The Morgan fingerprint density at radius 3 is 2.02 bits per heavy atom. The van der Waals surface area contributed by atoms with Crippen molar-refractivity contribution in [1.82, 2.24) is 16.0 Å². The first kappa shape index (κ1) is 42.8. The minimum atomic E-state index is -0.445. The molecule has 248 valence electrons. The van der Waals surface area contributed by atoms with Gasteiger partial charge in [-0.3, -0.25) is 0 Å². The second-order valence-electron chi connectivity index (χ2n) is 10.2. The predicted octanol–water partition coefficient (Wildman–Crippen LogP) is 5.85. The molecule has 0 aromatic heterocycles. The Morgan fingerprint density at radius 2 is 1.38 bits per heavy atom. The third-order valence-electron chi connectivity index (χ3n) is 4.87. The van der Waals surface area contributed by atoms with Crippen LogP contribution in [0, 0.1) is 17.8 Å². The highest BCUT2D eigenvalue weighted by atomic mass is 33.1. The lowest BCUT2D eigenvalue weighted by Crippen LogP contribution is -2.30. The van der Waals surface area contributed by atoms with Crippen LogP contribution >= 0.6 is 21.6 Å². The van der Waals surface area contributed by atoms with Crippen LogP contribution in [0.3, 0.4) is 0 Å². The van der Waals surface area contributed by atoms with Gasteiger partial charge >= 0.3 is 12.2 Å². The summed E-state index contributed by atoms with van der Waals surface area (Å²) in [6.45, 7) is 23.3. The Labute approximate surface area is 264 Å². The fraction of sp³-hybridized carbons (Fsp3) is 0.867. The summed E-state index contributed by atoms with van der Waals surface area (Å²) < 4.78 is 27.1. The van der Waals surface area contributed by atoms with Gasteiger partial charge in [-0.1, -0.05) is 75.0 Å². The first-order chi connectivity index (χ1) is 20.0. The molecule has 2 amide bonds. The van der Waals surface area contributed by atoms with E-state index in [9.17, 15) is 9.59 Å². The quantitative estimate of drug-likeness (QED) is 0.0545. The second-order valence-corrected chi connectivity index (χ2v) is 13.4. The number of unbranched alkanes of at least 4 members (excludes halogenated alkanes) is 1. The largest absolute Gasteiger partial charge is 0.450 e. The molecule has 0 aromatic rings. The molecular formula is C30H59N3O7S2. The van der Waals surface area contributed by atoms with Crippen molar-refractivity contribution in [3.8, 4) is 11.8 Å². The normalized spacial score (nSPS) is 11.7. The average molecular weight is 638 g/mol. The highest BCUT2D eigenvalue weighted by Crippen LogP contribution is 2.40. The van der Waals surface area contributed by atoms with E-state index in [2.05, 4.69) is 55.5 Å². The Morgan fingerprint density at radius 1 is 0.786 bits per heavy atom. The first-order valence-corrected chi connectivity index (χ1v) is 17.4. The number of carbonyl (C=O) groups excluding carboxylic acids is 2. The summed E-state index contributed by atoms with van der Waals surface area (Å²) in [4.78, 5) is 23.4. The van der Waals surface area contributed by atoms with E-state index in [0.29, 0.717) is 71.8 Å². The van der Waals surface area contributed by atoms with E-state index >= 15 is 0 Å². The van der Waals surface area contributed by atoms with Crippen molar-refractivity contribution < 1.29 is 33.3 Å². The lowest BCUT2D eigenvalue weighted by molar-refractivity contribution is 0.0489. The Kier molecular flexibility index (Phi) is 30.2. The van der Waals surface area contributed by atoms with Crippen molar-refractivity contribution >= 4 is 33.8 Å². The smallest absolute Gasteiger partial charge is 0.407 e. The van der Waals surface area contributed by atoms with Gasteiger partial charge in [0, 0.05) is 36.4 Å². The third kappa shape index (κ3) is 33.1. The summed E-state index contributed by atoms with van der Waals surface area (Å²) in [5.74, 6) is 6.14. The van der Waals surface area contributed by atoms with Gasteiger partial charge in [-0.05, 0) is 40.0 Å². The highest BCUT2D eigenvalue weighted by Gasteiger charge is 2.21. The van der Waals surface area contributed by atoms with E-state index in [1.165, 1.54) is 0 Å². The van der Waals surface area contributed by atoms with Crippen LogP contribution in [0.5, 0.6) is 0 Å². The summed E-state index contributed by atoms with van der Waals surface area (Å²) >= 11 is 0. The maximum Gasteiger partial charge on any atom is 0.407 e. The van der Waals surface area contributed by atoms with Gasteiger partial charge in [0.1, 0.15) is 5.44 Å². The van der Waals surface area contributed by atoms with Gasteiger partial charge in [-0.15, -0.1) is 0 Å². The number of rotatable bonds is 23. The van der Waals surface area contributed by atoms with E-state index < -0.39 is 12.2 Å². The zero-order chi connectivity index (χ0) is 32.1. The molecule has 0 aliphatic rings. The van der Waals surface area contributed by atoms with Crippen molar-refractivity contribution in [1.29, 1.82) is 0 Å². The van der Waals surface area contributed by atoms with Crippen LogP contribution in [-0.2, 0) is 23.7 Å². The van der Waals surface area contributed by atoms with Gasteiger partial charge in [0.05, 0.1) is 46.2 Å². The first-order valence-electron chi connectivity index (χ1n) is 15.2. The number of nitrogens with one attached hydrogen (secondary N) is 3. The fourth-order valence-corrected chi connectivity index (χ4v) is 5.03. The molecule has 1 unspecified atom stereocenters. The van der Waals surface area contributed by atoms with Crippen molar-refractivity contribution in [2.45, 2.75) is 97.8 Å². The second kappa shape index (κ2) is 29.7. The molecule has 0 fully saturated rings. The number of hydrogen-bond donors (Lipinski definition) is 3. The molecule has 0 saturated heterocycles. The molecular weight excluding hydrogens is 578 g/mol. The van der Waals surface area contributed by atoms with E-state index in [-0.39, 0.29) is 16.1 Å². The van der Waals surface area contributed by atoms with Crippen molar-refractivity contribution in [2.75, 3.05) is 65.9 Å². The topological polar surface area (TPSA) is 116 Å². The zero-order valence-electron chi connectivity index (χ0n) is 27.6. The lowest BCUT2D eigenvalue weighted by Gasteiger charge is -2.24. The molecule has 3 N–H and O–H groups in total. The molecule has 12 heteroatoms. The molecule has 0 aromatic carbocycles. The third-order valence-corrected chi connectivity index (χ3v) is 8.48. The van der Waals surface area contributed by atoms with Gasteiger partial charge in [0.25, 0.3) is 0 Å². The Bertz CT molecular complexity index is 717. The number of alkyl carbamates (subject to hydrolysis) is 2. The fourth-order valence-electron chi connectivity index (χ4n) is 2.72. The predicted molar refractivity (Wildman–Crippen MR) is 176 cm³/mol. The minimum absolute atomic E-state index is 0.0133.